The molecule has 0 bridgehead atoms. The minimum atomic E-state index is -2.79. The number of halogens is 2. The van der Waals surface area contributed by atoms with Crippen molar-refractivity contribution in [3.63, 3.8) is 0 Å². The van der Waals surface area contributed by atoms with Gasteiger partial charge in [0.25, 0.3) is 12.3 Å². The fourth-order valence-electron chi connectivity index (χ4n) is 4.16. The van der Waals surface area contributed by atoms with E-state index in [1.165, 1.54) is 6.20 Å². The van der Waals surface area contributed by atoms with E-state index >= 15 is 0 Å². The highest BCUT2D eigenvalue weighted by Crippen LogP contribution is 2.33. The molecule has 0 radical (unpaired) electrons. The summed E-state index contributed by atoms with van der Waals surface area (Å²) >= 11 is 1.15. The minimum absolute atomic E-state index is 0.0214. The van der Waals surface area contributed by atoms with Gasteiger partial charge in [0.1, 0.15) is 11.3 Å². The van der Waals surface area contributed by atoms with Gasteiger partial charge in [0.05, 0.1) is 23.0 Å². The lowest BCUT2D eigenvalue weighted by Crippen LogP contribution is -2.27. The van der Waals surface area contributed by atoms with E-state index in [9.17, 15) is 13.6 Å². The smallest absolute Gasteiger partial charge is 0.284 e. The van der Waals surface area contributed by atoms with Gasteiger partial charge < -0.3 is 15.0 Å². The zero-order valence-corrected chi connectivity index (χ0v) is 21.6. The molecule has 35 heavy (non-hydrogen) atoms. The summed E-state index contributed by atoms with van der Waals surface area (Å²) in [5.41, 5.74) is 0.168. The van der Waals surface area contributed by atoms with Crippen molar-refractivity contribution >= 4 is 39.2 Å². The molecule has 3 aromatic rings. The number of ether oxygens (including phenoxy) is 1. The molecule has 1 aliphatic rings. The van der Waals surface area contributed by atoms with Crippen LogP contribution in [0, 0.1) is 0 Å². The molecule has 11 heteroatoms. The Morgan fingerprint density at radius 1 is 1.29 bits per heavy atom. The Morgan fingerprint density at radius 3 is 2.69 bits per heavy atom. The highest BCUT2D eigenvalue weighted by molar-refractivity contribution is 7.13. The number of methoxy groups -OCH3 is 1. The fraction of sp³-hybridized carbons (Fsp3) is 0.583. The standard InChI is InChI=1S/C22H28F2N6O2S.C2H6/c1-3-29(11-12-32-2)17-10-9-16-19(26-17)20(28-33-16)22(31)25-15-13-30(27-18(15)21(23)24)14-7-5-4-6-8-14;1-2/h9-10,13-14,21H,3-8,11-12H2,1-2H3,(H,25,31);1-2H3. The fourth-order valence-corrected chi connectivity index (χ4v) is 4.87. The summed E-state index contributed by atoms with van der Waals surface area (Å²) in [4.78, 5) is 19.7. The van der Waals surface area contributed by atoms with Crippen molar-refractivity contribution in [2.24, 2.45) is 0 Å². The van der Waals surface area contributed by atoms with E-state index in [1.54, 1.807) is 11.8 Å². The van der Waals surface area contributed by atoms with Crippen LogP contribution in [0.25, 0.3) is 10.2 Å². The van der Waals surface area contributed by atoms with Crippen molar-refractivity contribution in [3.05, 3.63) is 29.7 Å². The Labute approximate surface area is 208 Å². The lowest BCUT2D eigenvalue weighted by molar-refractivity contribution is 0.102. The molecule has 4 rings (SSSR count). The number of nitrogens with one attached hydrogen (secondary N) is 1. The lowest BCUT2D eigenvalue weighted by atomic mass is 9.96. The molecular weight excluding hydrogens is 474 g/mol. The highest BCUT2D eigenvalue weighted by Gasteiger charge is 2.26. The molecule has 192 valence electrons. The maximum Gasteiger partial charge on any atom is 0.284 e. The SMILES string of the molecule is CC.CCN(CCOC)c1ccc2snc(C(=O)Nc3cn(C4CCCCC4)nc3C(F)F)c2n1. The second kappa shape index (κ2) is 12.9. The Kier molecular flexibility index (Phi) is 9.91. The molecule has 1 amide bonds. The molecule has 0 aromatic carbocycles. The van der Waals surface area contributed by atoms with E-state index in [1.807, 2.05) is 37.8 Å². The molecule has 0 spiro atoms. The third kappa shape index (κ3) is 6.32. The molecule has 3 heterocycles. The van der Waals surface area contributed by atoms with Gasteiger partial charge >= 0.3 is 0 Å². The number of carbonyl (C=O) groups excluding carboxylic acids is 1. The number of aromatic nitrogens is 4. The van der Waals surface area contributed by atoms with Crippen molar-refractivity contribution < 1.29 is 18.3 Å². The number of pyridine rings is 1. The van der Waals surface area contributed by atoms with Crippen molar-refractivity contribution in [2.45, 2.75) is 65.3 Å². The molecule has 0 atom stereocenters. The first-order valence-electron chi connectivity index (χ1n) is 12.2. The Bertz CT molecular complexity index is 1100. The van der Waals surface area contributed by atoms with Crippen LogP contribution in [0.2, 0.25) is 0 Å². The first kappa shape index (κ1) is 26.9. The summed E-state index contributed by atoms with van der Waals surface area (Å²) in [5, 5.41) is 6.72. The predicted octanol–water partition coefficient (Wildman–Crippen LogP) is 6.08. The molecule has 1 saturated carbocycles. The van der Waals surface area contributed by atoms with Crippen LogP contribution < -0.4 is 10.2 Å². The van der Waals surface area contributed by atoms with Crippen molar-refractivity contribution in [1.29, 1.82) is 0 Å². The van der Waals surface area contributed by atoms with Gasteiger partial charge in [-0.05, 0) is 43.4 Å². The van der Waals surface area contributed by atoms with Crippen LogP contribution in [0.5, 0.6) is 0 Å². The second-order valence-corrected chi connectivity index (χ2v) is 8.88. The lowest BCUT2D eigenvalue weighted by Gasteiger charge is -2.21. The van der Waals surface area contributed by atoms with Crippen LogP contribution in [-0.2, 0) is 4.74 Å². The number of carbonyl (C=O) groups is 1. The summed E-state index contributed by atoms with van der Waals surface area (Å²) in [6, 6.07) is 3.83. The summed E-state index contributed by atoms with van der Waals surface area (Å²) in [7, 11) is 1.64. The maximum atomic E-state index is 13.7. The Hall–Kier alpha value is -2.66. The van der Waals surface area contributed by atoms with E-state index in [0.717, 1.165) is 54.9 Å². The third-order valence-corrected chi connectivity index (χ3v) is 6.75. The van der Waals surface area contributed by atoms with Crippen molar-refractivity contribution in [3.8, 4) is 0 Å². The summed E-state index contributed by atoms with van der Waals surface area (Å²) < 4.78 is 39.1. The van der Waals surface area contributed by atoms with E-state index in [4.69, 9.17) is 4.74 Å². The molecule has 1 aliphatic carbocycles. The van der Waals surface area contributed by atoms with Gasteiger partial charge in [-0.2, -0.15) is 9.47 Å². The summed E-state index contributed by atoms with van der Waals surface area (Å²) in [5.74, 6) is 0.130. The first-order chi connectivity index (χ1) is 17.0. The molecule has 8 nitrogen and oxygen atoms in total. The number of anilines is 2. The van der Waals surface area contributed by atoms with Crippen LogP contribution in [-0.4, -0.2) is 51.9 Å². The van der Waals surface area contributed by atoms with Crippen molar-refractivity contribution in [2.75, 3.05) is 37.0 Å². The van der Waals surface area contributed by atoms with Gasteiger partial charge in [-0.3, -0.25) is 9.48 Å². The van der Waals surface area contributed by atoms with Crippen LogP contribution in [0.15, 0.2) is 18.3 Å². The van der Waals surface area contributed by atoms with E-state index < -0.39 is 18.0 Å². The number of hydrogen-bond acceptors (Lipinski definition) is 7. The van der Waals surface area contributed by atoms with Gasteiger partial charge in [-0.1, -0.05) is 33.1 Å². The van der Waals surface area contributed by atoms with E-state index in [0.29, 0.717) is 24.5 Å². The van der Waals surface area contributed by atoms with Gasteiger partial charge in [-0.15, -0.1) is 0 Å². The maximum absolute atomic E-state index is 13.7. The Morgan fingerprint density at radius 2 is 2.03 bits per heavy atom. The quantitative estimate of drug-likeness (QED) is 0.377. The zero-order valence-electron chi connectivity index (χ0n) is 20.8. The minimum Gasteiger partial charge on any atom is -0.383 e. The number of rotatable bonds is 9. The largest absolute Gasteiger partial charge is 0.383 e. The topological polar surface area (TPSA) is 85.2 Å². The first-order valence-corrected chi connectivity index (χ1v) is 13.0. The number of hydrogen-bond donors (Lipinski definition) is 1. The number of nitrogens with zero attached hydrogens (tertiary/aromatic N) is 5. The molecule has 0 aliphatic heterocycles. The van der Waals surface area contributed by atoms with Crippen LogP contribution in [0.3, 0.4) is 0 Å². The van der Waals surface area contributed by atoms with Crippen molar-refractivity contribution in [1.82, 2.24) is 19.1 Å². The molecule has 0 saturated heterocycles. The zero-order chi connectivity index (χ0) is 25.4. The van der Waals surface area contributed by atoms with Crippen LogP contribution in [0.4, 0.5) is 20.3 Å². The summed E-state index contributed by atoms with van der Waals surface area (Å²) in [6.45, 7) is 7.93. The number of likely N-dealkylation sites (N-methyl/N-ethyl adjacent to an activating group) is 1. The average molecular weight is 509 g/mol. The van der Waals surface area contributed by atoms with E-state index in [2.05, 4.69) is 19.8 Å². The van der Waals surface area contributed by atoms with Gasteiger partial charge in [-0.25, -0.2) is 13.8 Å². The number of amides is 1. The average Bonchev–Trinajstić information content (AvgIpc) is 3.50. The second-order valence-electron chi connectivity index (χ2n) is 8.07. The van der Waals surface area contributed by atoms with Gasteiger partial charge in [0.15, 0.2) is 11.4 Å². The molecular formula is C24H34F2N6O2S. The van der Waals surface area contributed by atoms with Crippen LogP contribution >= 0.6 is 11.5 Å². The monoisotopic (exact) mass is 508 g/mol. The molecule has 0 unspecified atom stereocenters. The van der Waals surface area contributed by atoms with Gasteiger partial charge in [0, 0.05) is 26.4 Å². The normalized spacial score (nSPS) is 14.1. The van der Waals surface area contributed by atoms with Crippen LogP contribution in [0.1, 0.15) is 81.5 Å². The predicted molar refractivity (Wildman–Crippen MR) is 136 cm³/mol. The number of alkyl halides is 2. The van der Waals surface area contributed by atoms with E-state index in [-0.39, 0.29) is 17.4 Å². The molecule has 1 fully saturated rings. The Balaban J connectivity index is 0.00000167. The molecule has 3 aromatic heterocycles. The highest BCUT2D eigenvalue weighted by atomic mass is 32.1. The number of fused-ring (bicyclic) bond motifs is 1. The third-order valence-electron chi connectivity index (χ3n) is 5.95. The van der Waals surface area contributed by atoms with Gasteiger partial charge in [0.2, 0.25) is 0 Å². The molecule has 1 N–H and O–H groups in total. The summed E-state index contributed by atoms with van der Waals surface area (Å²) in [6.07, 6.45) is 3.78.